The Morgan fingerprint density at radius 3 is 0.955 bits per heavy atom. The molecule has 0 radical (unpaired) electrons. The Labute approximate surface area is 555 Å². The first kappa shape index (κ1) is 71.7. The van der Waals surface area contributed by atoms with Gasteiger partial charge in [0, 0.05) is 61.5 Å². The molecule has 0 atom stereocenters. The quantitative estimate of drug-likeness (QED) is 0.0498. The van der Waals surface area contributed by atoms with E-state index in [-0.39, 0.29) is 22.5 Å². The van der Waals surface area contributed by atoms with Crippen LogP contribution >= 0.6 is 68.8 Å². The summed E-state index contributed by atoms with van der Waals surface area (Å²) in [6.45, 7) is 20.1. The summed E-state index contributed by atoms with van der Waals surface area (Å²) in [6, 6.07) is 83.2. The van der Waals surface area contributed by atoms with Crippen molar-refractivity contribution in [3.63, 3.8) is 0 Å². The molecule has 1 aliphatic rings. The molecule has 0 N–H and O–H groups in total. The van der Waals surface area contributed by atoms with Crippen molar-refractivity contribution in [2.24, 2.45) is 0 Å². The van der Waals surface area contributed by atoms with E-state index in [1.165, 1.54) is 61.2 Å². The molecule has 11 rings (SSSR count). The monoisotopic (exact) mass is 1520 g/mol. The fourth-order valence-electron chi connectivity index (χ4n) is 9.92. The first-order chi connectivity index (χ1) is 41.4. The summed E-state index contributed by atoms with van der Waals surface area (Å²) >= 11 is 4.66. The molecule has 464 valence electrons. The largest absolute Gasteiger partial charge is 1.00 e. The van der Waals surface area contributed by atoms with E-state index >= 15 is 0 Å². The molecular weight excluding hydrogens is 1450 g/mol. The Balaban J connectivity index is 0.000000230. The number of rotatable bonds is 13. The Kier molecular flexibility index (Phi) is 26.1. The Morgan fingerprint density at radius 1 is 0.409 bits per heavy atom. The second-order valence-electron chi connectivity index (χ2n) is 20.6. The van der Waals surface area contributed by atoms with E-state index < -0.39 is 23.7 Å². The van der Waals surface area contributed by atoms with Crippen LogP contribution in [0.25, 0.3) is 33.6 Å². The van der Waals surface area contributed by atoms with Gasteiger partial charge in [0.2, 0.25) is 0 Å². The molecule has 0 saturated heterocycles. The molecule has 0 spiro atoms. The van der Waals surface area contributed by atoms with Crippen molar-refractivity contribution in [3.05, 3.63) is 260 Å². The molecule has 0 fully saturated rings. The van der Waals surface area contributed by atoms with Crippen LogP contribution in [0.5, 0.6) is 11.5 Å². The third kappa shape index (κ3) is 21.4. The van der Waals surface area contributed by atoms with E-state index in [2.05, 4.69) is 290 Å². The van der Waals surface area contributed by atoms with Gasteiger partial charge in [0.05, 0.1) is 11.4 Å². The number of para-hydroxylation sites is 2. The third-order valence-corrected chi connectivity index (χ3v) is 20.7. The number of fused-ring (bicyclic) bond motifs is 2. The predicted molar refractivity (Wildman–Crippen MR) is 376 cm³/mol. The van der Waals surface area contributed by atoms with Crippen LogP contribution < -0.4 is 36.6 Å². The number of ether oxygens (including phenoxy) is 3. The maximum absolute atomic E-state index is 10.7. The average molecular weight is 1530 g/mol. The summed E-state index contributed by atoms with van der Waals surface area (Å²) in [5, 5.41) is 8.05. The number of halogens is 8. The molecule has 0 saturated carbocycles. The van der Waals surface area contributed by atoms with E-state index in [1.807, 2.05) is 41.5 Å². The van der Waals surface area contributed by atoms with Crippen molar-refractivity contribution in [1.82, 2.24) is 9.97 Å². The molecule has 8 aromatic carbocycles. The normalized spacial score (nSPS) is 12.6. The van der Waals surface area contributed by atoms with Gasteiger partial charge in [-0.25, -0.2) is 0 Å². The van der Waals surface area contributed by atoms with Crippen LogP contribution in [0.2, 0.25) is 0 Å². The minimum Gasteiger partial charge on any atom is 1.00 e. The van der Waals surface area contributed by atoms with Crippen LogP contribution in [0.3, 0.4) is 0 Å². The molecule has 10 aromatic rings. The number of nitrogens with zero attached hydrogens (tertiary/aromatic N) is 2. The van der Waals surface area contributed by atoms with Crippen LogP contribution in [-0.4, -0.2) is 36.4 Å². The molecule has 0 amide bonds. The molecule has 5 nitrogen and oxygen atoms in total. The zero-order chi connectivity index (χ0) is 62.8. The van der Waals surface area contributed by atoms with Gasteiger partial charge in [-0.3, -0.25) is 9.97 Å². The number of pyridine rings is 2. The number of aryl methyl sites for hydroxylation is 2. The predicted octanol–water partition coefficient (Wildman–Crippen LogP) is 19.9. The second kappa shape index (κ2) is 32.1. The van der Waals surface area contributed by atoms with Crippen molar-refractivity contribution in [1.29, 1.82) is 0 Å². The van der Waals surface area contributed by atoms with E-state index in [0.29, 0.717) is 0 Å². The van der Waals surface area contributed by atoms with Gasteiger partial charge in [-0.1, -0.05) is 135 Å². The molecule has 88 heavy (non-hydrogen) atoms. The van der Waals surface area contributed by atoms with Crippen molar-refractivity contribution in [2.45, 2.75) is 60.8 Å². The van der Waals surface area contributed by atoms with E-state index in [9.17, 15) is 25.2 Å². The maximum atomic E-state index is 9.87. The van der Waals surface area contributed by atoms with Gasteiger partial charge >= 0.3 is 50.1 Å². The summed E-state index contributed by atoms with van der Waals surface area (Å²) < 4.78 is 78.6. The van der Waals surface area contributed by atoms with Crippen molar-refractivity contribution in [2.75, 3.05) is 26.4 Å². The molecule has 0 unspecified atom stereocenters. The summed E-state index contributed by atoms with van der Waals surface area (Å²) in [4.78, 5) is 9.54. The molecule has 0 bridgehead atoms. The van der Waals surface area contributed by atoms with Gasteiger partial charge in [-0.15, -0.1) is 0 Å². The summed E-state index contributed by atoms with van der Waals surface area (Å²) in [6.07, 6.45) is 0. The minimum atomic E-state index is -10.7. The van der Waals surface area contributed by atoms with Crippen molar-refractivity contribution < 1.29 is 56.5 Å². The first-order valence-electron chi connectivity index (χ1n) is 28.5. The second-order valence-corrected chi connectivity index (χ2v) is 29.9. The number of hydrogen-bond acceptors (Lipinski definition) is 5. The zero-order valence-electron chi connectivity index (χ0n) is 50.2. The smallest absolute Gasteiger partial charge is 1.00 e. The van der Waals surface area contributed by atoms with Crippen LogP contribution in [-0.2, 0) is 32.0 Å². The molecule has 0 aliphatic carbocycles. The van der Waals surface area contributed by atoms with Gasteiger partial charge in [0.25, 0.3) is 0 Å². The number of aromatic nitrogens is 2. The molecule has 1 aliphatic heterocycles. The molecule has 3 heterocycles. The summed E-state index contributed by atoms with van der Waals surface area (Å²) in [5.41, 5.74) is 10.8. The first-order valence-corrected chi connectivity index (χ1v) is 35.7. The van der Waals surface area contributed by atoms with E-state index in [4.69, 9.17) is 24.2 Å². The summed E-state index contributed by atoms with van der Waals surface area (Å²) in [5.74, 6) is 2.07. The number of benzene rings is 8. The number of hydrogen-bond donors (Lipinski definition) is 0. The van der Waals surface area contributed by atoms with Crippen molar-refractivity contribution >= 4 is 101 Å². The van der Waals surface area contributed by atoms with Gasteiger partial charge in [-0.2, -0.15) is 0 Å². The maximum Gasteiger partial charge on any atom is 1.00 e. The van der Waals surface area contributed by atoms with Crippen LogP contribution in [0.4, 0.5) is 25.2 Å². The van der Waals surface area contributed by atoms with Gasteiger partial charge < -0.3 is 14.2 Å². The summed E-state index contributed by atoms with van der Waals surface area (Å²) in [7, 11) is -13.3. The van der Waals surface area contributed by atoms with Gasteiger partial charge in [0.1, 0.15) is 47.7 Å². The topological polar surface area (TPSA) is 53.5 Å². The van der Waals surface area contributed by atoms with E-state index in [0.717, 1.165) is 71.8 Å². The fraction of sp³-hybridized carbons (Fsp3) is 0.183. The third-order valence-electron chi connectivity index (χ3n) is 13.7. The van der Waals surface area contributed by atoms with Crippen LogP contribution in [0.1, 0.15) is 64.1 Å². The van der Waals surface area contributed by atoms with Gasteiger partial charge in [-0.05, 0) is 218 Å². The molecule has 2 aromatic heterocycles. The van der Waals surface area contributed by atoms with Gasteiger partial charge in [0.15, 0.2) is 11.5 Å². The van der Waals surface area contributed by atoms with Crippen LogP contribution in [0, 0.1) is 21.0 Å². The van der Waals surface area contributed by atoms with E-state index in [1.54, 1.807) is 0 Å². The Hall–Kier alpha value is -5.37. The fourth-order valence-corrected chi connectivity index (χ4v) is 16.0. The molecular formula is C71H72CuF6I2N2O3P3+2. The van der Waals surface area contributed by atoms with Crippen LogP contribution in [0.15, 0.2) is 231 Å². The Bertz CT molecular complexity index is 3480. The SMILES string of the molecule is CC1(C)c2cccc([PH+](c3ccccc3)c3ccccc3)c2Oc2c([PH+](c3ccccc3)c3ccccc3)cccc21.CCOCC.CCOCC.Cc1cc(-c2ccc(I)cc2)cc(-c2cc(-c3ccc(I)cc3)cc(C)n2)n1.F[P-](F)(F)(F)(F)F.[Cu+]. The Morgan fingerprint density at radius 2 is 0.693 bits per heavy atom. The minimum absolute atomic E-state index is 0. The zero-order valence-corrected chi connectivity index (χ0v) is 58.3. The van der Waals surface area contributed by atoms with Crippen molar-refractivity contribution in [3.8, 4) is 45.1 Å². The average Bonchev–Trinajstić information content (AvgIpc) is 0.877. The standard InChI is InChI=1S/C39H32OP2.C24H18I2N2.2C4H10O.Cu.F6P/c1-39(2)33-25-15-27-35(41(29-17-7-3-8-18-29)30-19-9-4-10-20-30)37(33)40-38-34(39)26-16-28-36(38)42(31-21-11-5-12-22-31)32-23-13-6-14-24-32;1-15-11-19(17-3-7-21(25)8-4-17)13-23(27-15)24-14-20(12-16(2)28-24)18-5-9-22(26)10-6-18;2*1-3-5-4-2;;1-7(2,3,4,5)6/h3-28H,1-2H3;3-14H,1-2H3;2*3-4H2,1-2H3;;/q;;;;+1;-1/p+2. The molecule has 17 heteroatoms.